The monoisotopic (exact) mass is 367 g/mol. The van der Waals surface area contributed by atoms with Crippen LogP contribution in [0.15, 0.2) is 16.6 Å². The van der Waals surface area contributed by atoms with Crippen LogP contribution >= 0.6 is 38.5 Å². The van der Waals surface area contributed by atoms with E-state index >= 15 is 0 Å². The van der Waals surface area contributed by atoms with Crippen LogP contribution in [0.4, 0.5) is 0 Å². The molecule has 1 amide bonds. The summed E-state index contributed by atoms with van der Waals surface area (Å²) in [5, 5.41) is 0. The number of halogens is 2. The van der Waals surface area contributed by atoms with Gasteiger partial charge < -0.3 is 4.90 Å². The molecule has 0 aromatic heterocycles. The number of benzene rings is 1. The first-order chi connectivity index (χ1) is 6.43. The van der Waals surface area contributed by atoms with Crippen LogP contribution in [0.3, 0.4) is 0 Å². The van der Waals surface area contributed by atoms with Gasteiger partial charge in [0.05, 0.1) is 5.56 Å². The van der Waals surface area contributed by atoms with E-state index in [0.717, 1.165) is 19.2 Å². The predicted molar refractivity (Wildman–Crippen MR) is 69.6 cm³/mol. The van der Waals surface area contributed by atoms with Crippen molar-refractivity contribution in [3.63, 3.8) is 0 Å². The minimum atomic E-state index is 0.0406. The summed E-state index contributed by atoms with van der Waals surface area (Å²) in [5.74, 6) is 0.0406. The molecule has 0 saturated carbocycles. The topological polar surface area (TPSA) is 20.3 Å². The van der Waals surface area contributed by atoms with Crippen molar-refractivity contribution in [2.75, 3.05) is 14.1 Å². The molecule has 1 aromatic rings. The molecule has 0 aliphatic rings. The molecular weight excluding hydrogens is 357 g/mol. The van der Waals surface area contributed by atoms with Gasteiger partial charge in [0, 0.05) is 22.1 Å². The number of carbonyl (C=O) groups excluding carboxylic acids is 1. The lowest BCUT2D eigenvalue weighted by molar-refractivity contribution is 0.0826. The normalized spacial score (nSPS) is 10.1. The minimum Gasteiger partial charge on any atom is -0.345 e. The Balaban J connectivity index is 3.27. The van der Waals surface area contributed by atoms with E-state index in [4.69, 9.17) is 0 Å². The van der Waals surface area contributed by atoms with Crippen molar-refractivity contribution < 1.29 is 4.79 Å². The lowest BCUT2D eigenvalue weighted by atomic mass is 10.1. The van der Waals surface area contributed by atoms with Gasteiger partial charge in [0.2, 0.25) is 0 Å². The van der Waals surface area contributed by atoms with E-state index in [-0.39, 0.29) is 5.91 Å². The fourth-order valence-electron chi connectivity index (χ4n) is 1.12. The standard InChI is InChI=1S/C10H11BrINO/c1-6-4-7(10(14)13(2)3)9(12)8(11)5-6/h4-5H,1-3H3. The van der Waals surface area contributed by atoms with Crippen molar-refractivity contribution in [1.82, 2.24) is 4.90 Å². The van der Waals surface area contributed by atoms with Gasteiger partial charge in [-0.25, -0.2) is 0 Å². The average molecular weight is 368 g/mol. The van der Waals surface area contributed by atoms with Gasteiger partial charge in [0.1, 0.15) is 0 Å². The Labute approximate surface area is 106 Å². The number of rotatable bonds is 1. The van der Waals surface area contributed by atoms with Crippen molar-refractivity contribution in [2.45, 2.75) is 6.92 Å². The summed E-state index contributed by atoms with van der Waals surface area (Å²) < 4.78 is 1.94. The second-order valence-electron chi connectivity index (χ2n) is 3.31. The Morgan fingerprint density at radius 3 is 2.50 bits per heavy atom. The molecule has 1 aromatic carbocycles. The van der Waals surface area contributed by atoms with E-state index < -0.39 is 0 Å². The molecule has 0 heterocycles. The molecule has 2 nitrogen and oxygen atoms in total. The van der Waals surface area contributed by atoms with Crippen molar-refractivity contribution in [3.05, 3.63) is 31.3 Å². The molecule has 0 saturated heterocycles. The highest BCUT2D eigenvalue weighted by Crippen LogP contribution is 2.25. The Hall–Kier alpha value is -0.100. The summed E-state index contributed by atoms with van der Waals surface area (Å²) >= 11 is 5.61. The number of carbonyl (C=O) groups is 1. The Morgan fingerprint density at radius 2 is 2.00 bits per heavy atom. The number of aryl methyl sites for hydroxylation is 1. The largest absolute Gasteiger partial charge is 0.345 e. The third-order valence-electron chi connectivity index (χ3n) is 1.81. The van der Waals surface area contributed by atoms with Gasteiger partial charge in [-0.2, -0.15) is 0 Å². The van der Waals surface area contributed by atoms with E-state index in [2.05, 4.69) is 38.5 Å². The SMILES string of the molecule is Cc1cc(Br)c(I)c(C(=O)N(C)C)c1. The zero-order chi connectivity index (χ0) is 10.9. The Morgan fingerprint density at radius 1 is 1.43 bits per heavy atom. The first kappa shape index (κ1) is 12.0. The number of hydrogen-bond acceptors (Lipinski definition) is 1. The molecule has 0 aliphatic heterocycles. The minimum absolute atomic E-state index is 0.0406. The first-order valence-corrected chi connectivity index (χ1v) is 5.98. The molecular formula is C10H11BrINO. The summed E-state index contributed by atoms with van der Waals surface area (Å²) in [6, 6.07) is 3.92. The maximum absolute atomic E-state index is 11.8. The summed E-state index contributed by atoms with van der Waals surface area (Å²) in [7, 11) is 3.52. The van der Waals surface area contributed by atoms with Gasteiger partial charge in [0.25, 0.3) is 5.91 Å². The van der Waals surface area contributed by atoms with Crippen molar-refractivity contribution in [1.29, 1.82) is 0 Å². The van der Waals surface area contributed by atoms with Crippen LogP contribution in [0.2, 0.25) is 0 Å². The maximum atomic E-state index is 11.8. The lowest BCUT2D eigenvalue weighted by Gasteiger charge is -2.13. The Bertz CT molecular complexity index is 377. The zero-order valence-electron chi connectivity index (χ0n) is 8.27. The number of nitrogens with zero attached hydrogens (tertiary/aromatic N) is 1. The van der Waals surface area contributed by atoms with E-state index in [1.54, 1.807) is 19.0 Å². The molecule has 0 fully saturated rings. The Kier molecular flexibility index (Phi) is 3.94. The molecule has 0 radical (unpaired) electrons. The fourth-order valence-corrected chi connectivity index (χ4v) is 2.24. The molecule has 4 heteroatoms. The number of hydrogen-bond donors (Lipinski definition) is 0. The van der Waals surface area contributed by atoms with Crippen molar-refractivity contribution in [2.24, 2.45) is 0 Å². The van der Waals surface area contributed by atoms with Crippen LogP contribution in [0.1, 0.15) is 15.9 Å². The first-order valence-electron chi connectivity index (χ1n) is 4.10. The molecule has 76 valence electrons. The van der Waals surface area contributed by atoms with Crippen molar-refractivity contribution >= 4 is 44.4 Å². The molecule has 14 heavy (non-hydrogen) atoms. The van der Waals surface area contributed by atoms with Gasteiger partial charge in [-0.15, -0.1) is 0 Å². The second-order valence-corrected chi connectivity index (χ2v) is 5.24. The zero-order valence-corrected chi connectivity index (χ0v) is 12.0. The average Bonchev–Trinajstić information content (AvgIpc) is 2.09. The fraction of sp³-hybridized carbons (Fsp3) is 0.300. The lowest BCUT2D eigenvalue weighted by Crippen LogP contribution is -2.22. The molecule has 0 unspecified atom stereocenters. The van der Waals surface area contributed by atoms with Crippen LogP contribution in [0.25, 0.3) is 0 Å². The summed E-state index contributed by atoms with van der Waals surface area (Å²) in [6.07, 6.45) is 0. The molecule has 1 rings (SSSR count). The van der Waals surface area contributed by atoms with Crippen LogP contribution in [0.5, 0.6) is 0 Å². The highest BCUT2D eigenvalue weighted by atomic mass is 127. The van der Waals surface area contributed by atoms with Gasteiger partial charge in [0.15, 0.2) is 0 Å². The molecule has 0 N–H and O–H groups in total. The van der Waals surface area contributed by atoms with Crippen LogP contribution in [-0.2, 0) is 0 Å². The van der Waals surface area contributed by atoms with E-state index in [1.165, 1.54) is 0 Å². The van der Waals surface area contributed by atoms with E-state index in [1.807, 2.05) is 19.1 Å². The van der Waals surface area contributed by atoms with Crippen LogP contribution in [0, 0.1) is 10.5 Å². The van der Waals surface area contributed by atoms with E-state index in [0.29, 0.717) is 0 Å². The predicted octanol–water partition coefficient (Wildman–Crippen LogP) is 3.06. The van der Waals surface area contributed by atoms with Crippen LogP contribution in [-0.4, -0.2) is 24.9 Å². The highest BCUT2D eigenvalue weighted by molar-refractivity contribution is 14.1. The summed E-state index contributed by atoms with van der Waals surface area (Å²) in [5.41, 5.74) is 1.84. The second kappa shape index (κ2) is 4.61. The van der Waals surface area contributed by atoms with Crippen LogP contribution < -0.4 is 0 Å². The third kappa shape index (κ3) is 2.48. The third-order valence-corrected chi connectivity index (χ3v) is 4.34. The quantitative estimate of drug-likeness (QED) is 0.698. The summed E-state index contributed by atoms with van der Waals surface area (Å²) in [4.78, 5) is 13.4. The van der Waals surface area contributed by atoms with E-state index in [9.17, 15) is 4.79 Å². The maximum Gasteiger partial charge on any atom is 0.254 e. The van der Waals surface area contributed by atoms with Gasteiger partial charge in [-0.05, 0) is 63.1 Å². The van der Waals surface area contributed by atoms with Gasteiger partial charge in [-0.3, -0.25) is 4.79 Å². The molecule has 0 aliphatic carbocycles. The van der Waals surface area contributed by atoms with Crippen molar-refractivity contribution in [3.8, 4) is 0 Å². The van der Waals surface area contributed by atoms with Gasteiger partial charge in [-0.1, -0.05) is 0 Å². The molecule has 0 spiro atoms. The molecule has 0 atom stereocenters. The summed E-state index contributed by atoms with van der Waals surface area (Å²) in [6.45, 7) is 1.98. The highest BCUT2D eigenvalue weighted by Gasteiger charge is 2.14. The smallest absolute Gasteiger partial charge is 0.254 e. The number of amides is 1. The van der Waals surface area contributed by atoms with Gasteiger partial charge >= 0.3 is 0 Å². The molecule has 0 bridgehead atoms.